The quantitative estimate of drug-likeness (QED) is 0.627. The van der Waals surface area contributed by atoms with Gasteiger partial charge in [-0.3, -0.25) is 5.32 Å². The molecule has 0 atom stereocenters. The lowest BCUT2D eigenvalue weighted by atomic mass is 10.2. The average Bonchev–Trinajstić information content (AvgIpc) is 2.09. The molecule has 0 aliphatic heterocycles. The first-order chi connectivity index (χ1) is 7.17. The molecule has 16 heavy (non-hydrogen) atoms. The van der Waals surface area contributed by atoms with Crippen LogP contribution in [0.1, 0.15) is 27.7 Å². The predicted octanol–water partition coefficient (Wildman–Crippen LogP) is 2.31. The first kappa shape index (κ1) is 15.0. The van der Waals surface area contributed by atoms with Crippen LogP contribution in [0.2, 0.25) is 0 Å². The number of carbonyl (C=O) groups is 2. The minimum atomic E-state index is -0.702. The van der Waals surface area contributed by atoms with E-state index < -0.39 is 17.7 Å². The molecule has 1 N–H and O–H groups in total. The number of carbonyl (C=O) groups excluding carboxylic acids is 2. The van der Waals surface area contributed by atoms with Crippen LogP contribution in [-0.2, 0) is 14.3 Å². The maximum absolute atomic E-state index is 11.4. The summed E-state index contributed by atoms with van der Waals surface area (Å²) in [7, 11) is 1.23. The number of nitrogens with one attached hydrogen (secondary N) is 1. The van der Waals surface area contributed by atoms with Crippen LogP contribution in [0.3, 0.4) is 0 Å². The number of esters is 1. The molecule has 92 valence electrons. The van der Waals surface area contributed by atoms with Gasteiger partial charge in [0, 0.05) is 4.48 Å². The fourth-order valence-electron chi connectivity index (χ4n) is 0.786. The lowest BCUT2D eigenvalue weighted by molar-refractivity contribution is -0.136. The third kappa shape index (κ3) is 5.75. The highest BCUT2D eigenvalue weighted by Crippen LogP contribution is 2.12. The Morgan fingerprint density at radius 1 is 1.25 bits per heavy atom. The molecule has 0 bridgehead atoms. The van der Waals surface area contributed by atoms with E-state index in [1.54, 1.807) is 27.7 Å². The molecular formula is C10H16BrNO4. The average molecular weight is 294 g/mol. The maximum Gasteiger partial charge on any atom is 0.412 e. The zero-order valence-corrected chi connectivity index (χ0v) is 11.6. The second-order valence-electron chi connectivity index (χ2n) is 4.03. The first-order valence-electron chi connectivity index (χ1n) is 4.62. The molecule has 0 aliphatic rings. The summed E-state index contributed by atoms with van der Waals surface area (Å²) in [6.45, 7) is 6.81. The van der Waals surface area contributed by atoms with Crippen molar-refractivity contribution in [3.63, 3.8) is 0 Å². The van der Waals surface area contributed by atoms with Gasteiger partial charge in [-0.2, -0.15) is 0 Å². The van der Waals surface area contributed by atoms with Crippen LogP contribution in [0, 0.1) is 0 Å². The van der Waals surface area contributed by atoms with Crippen LogP contribution < -0.4 is 5.32 Å². The van der Waals surface area contributed by atoms with Crippen LogP contribution in [0.5, 0.6) is 0 Å². The number of methoxy groups -OCH3 is 1. The molecule has 0 aromatic carbocycles. The van der Waals surface area contributed by atoms with Gasteiger partial charge in [-0.25, -0.2) is 9.59 Å². The molecule has 1 amide bonds. The highest BCUT2D eigenvalue weighted by atomic mass is 79.9. The van der Waals surface area contributed by atoms with Crippen LogP contribution in [0.15, 0.2) is 10.2 Å². The summed E-state index contributed by atoms with van der Waals surface area (Å²) in [6, 6.07) is 0. The Balaban J connectivity index is 4.63. The van der Waals surface area contributed by atoms with E-state index in [-0.39, 0.29) is 5.70 Å². The van der Waals surface area contributed by atoms with Crippen LogP contribution in [0.25, 0.3) is 0 Å². The Morgan fingerprint density at radius 2 is 1.75 bits per heavy atom. The van der Waals surface area contributed by atoms with Gasteiger partial charge in [0.2, 0.25) is 0 Å². The first-order valence-corrected chi connectivity index (χ1v) is 5.41. The number of alkyl carbamates (subject to hydrolysis) is 1. The smallest absolute Gasteiger partial charge is 0.412 e. The van der Waals surface area contributed by atoms with Gasteiger partial charge in [0.15, 0.2) is 0 Å². The molecule has 0 saturated carbocycles. The van der Waals surface area contributed by atoms with Crippen molar-refractivity contribution in [1.29, 1.82) is 0 Å². The van der Waals surface area contributed by atoms with Crippen molar-refractivity contribution in [3.8, 4) is 0 Å². The molecule has 0 rings (SSSR count). The van der Waals surface area contributed by atoms with E-state index in [0.717, 1.165) is 0 Å². The molecule has 0 fully saturated rings. The van der Waals surface area contributed by atoms with E-state index in [9.17, 15) is 9.59 Å². The molecule has 0 radical (unpaired) electrons. The van der Waals surface area contributed by atoms with E-state index >= 15 is 0 Å². The number of amides is 1. The SMILES string of the molecule is COC(=O)/C(NC(=O)OC(C)(C)C)=C(/C)Br. The third-order valence-electron chi connectivity index (χ3n) is 1.36. The van der Waals surface area contributed by atoms with E-state index in [1.807, 2.05) is 0 Å². The van der Waals surface area contributed by atoms with Crippen molar-refractivity contribution in [2.75, 3.05) is 7.11 Å². The molecule has 0 heterocycles. The molecule has 0 saturated heterocycles. The van der Waals surface area contributed by atoms with Crippen LogP contribution in [-0.4, -0.2) is 24.8 Å². The highest BCUT2D eigenvalue weighted by Gasteiger charge is 2.20. The van der Waals surface area contributed by atoms with E-state index in [4.69, 9.17) is 4.74 Å². The van der Waals surface area contributed by atoms with E-state index in [2.05, 4.69) is 26.0 Å². The number of allylic oxidation sites excluding steroid dienone is 1. The largest absolute Gasteiger partial charge is 0.464 e. The van der Waals surface area contributed by atoms with Gasteiger partial charge in [0.25, 0.3) is 0 Å². The molecule has 0 spiro atoms. The van der Waals surface area contributed by atoms with Crippen molar-refractivity contribution in [2.24, 2.45) is 0 Å². The number of halogens is 1. The van der Waals surface area contributed by atoms with Crippen LogP contribution in [0.4, 0.5) is 4.79 Å². The molecule has 6 heteroatoms. The van der Waals surface area contributed by atoms with Gasteiger partial charge in [-0.1, -0.05) is 15.9 Å². The molecule has 0 aromatic heterocycles. The fraction of sp³-hybridized carbons (Fsp3) is 0.600. The van der Waals surface area contributed by atoms with Crippen LogP contribution >= 0.6 is 15.9 Å². The third-order valence-corrected chi connectivity index (χ3v) is 1.76. The summed E-state index contributed by atoms with van der Waals surface area (Å²) >= 11 is 3.10. The standard InChI is InChI=1S/C10H16BrNO4/c1-6(11)7(8(13)15-5)12-9(14)16-10(2,3)4/h1-5H3,(H,12,14)/b7-6+. The van der Waals surface area contributed by atoms with Gasteiger partial charge in [-0.15, -0.1) is 0 Å². The number of hydrogen-bond donors (Lipinski definition) is 1. The zero-order chi connectivity index (χ0) is 12.9. The fourth-order valence-corrected chi connectivity index (χ4v) is 1.05. The van der Waals surface area contributed by atoms with Crippen molar-refractivity contribution in [1.82, 2.24) is 5.32 Å². The molecular weight excluding hydrogens is 278 g/mol. The Labute approximate surface area is 103 Å². The van der Waals surface area contributed by atoms with Crippen molar-refractivity contribution in [3.05, 3.63) is 10.2 Å². The van der Waals surface area contributed by atoms with Gasteiger partial charge in [0.05, 0.1) is 7.11 Å². The summed E-state index contributed by atoms with van der Waals surface area (Å²) in [4.78, 5) is 22.7. The number of hydrogen-bond acceptors (Lipinski definition) is 4. The summed E-state index contributed by atoms with van der Waals surface area (Å²) in [6.07, 6.45) is -0.702. The summed E-state index contributed by atoms with van der Waals surface area (Å²) in [5, 5.41) is 2.32. The minimum Gasteiger partial charge on any atom is -0.464 e. The lowest BCUT2D eigenvalue weighted by Crippen LogP contribution is -2.34. The number of rotatable bonds is 2. The molecule has 0 unspecified atom stereocenters. The Bertz CT molecular complexity index is 313. The monoisotopic (exact) mass is 293 g/mol. The summed E-state index contributed by atoms with van der Waals surface area (Å²) < 4.78 is 9.97. The Kier molecular flexibility index (Phi) is 5.50. The normalized spacial score (nSPS) is 12.6. The van der Waals surface area contributed by atoms with E-state index in [0.29, 0.717) is 4.48 Å². The predicted molar refractivity (Wildman–Crippen MR) is 63.0 cm³/mol. The van der Waals surface area contributed by atoms with Gasteiger partial charge in [-0.05, 0) is 27.7 Å². The van der Waals surface area contributed by atoms with E-state index in [1.165, 1.54) is 7.11 Å². The van der Waals surface area contributed by atoms with Crippen molar-refractivity contribution in [2.45, 2.75) is 33.3 Å². The Hall–Kier alpha value is -1.04. The van der Waals surface area contributed by atoms with Gasteiger partial charge < -0.3 is 9.47 Å². The molecule has 0 aromatic rings. The zero-order valence-electron chi connectivity index (χ0n) is 10.0. The second kappa shape index (κ2) is 5.89. The number of ether oxygens (including phenoxy) is 2. The topological polar surface area (TPSA) is 64.6 Å². The lowest BCUT2D eigenvalue weighted by Gasteiger charge is -2.20. The molecule has 5 nitrogen and oxygen atoms in total. The summed E-state index contributed by atoms with van der Waals surface area (Å²) in [5.74, 6) is -0.639. The minimum absolute atomic E-state index is 0.0248. The molecule has 0 aliphatic carbocycles. The van der Waals surface area contributed by atoms with Crippen molar-refractivity contribution >= 4 is 28.0 Å². The summed E-state index contributed by atoms with van der Waals surface area (Å²) in [5.41, 5.74) is -0.595. The Morgan fingerprint density at radius 3 is 2.06 bits per heavy atom. The maximum atomic E-state index is 11.4. The van der Waals surface area contributed by atoms with Gasteiger partial charge >= 0.3 is 12.1 Å². The second-order valence-corrected chi connectivity index (χ2v) is 5.22. The highest BCUT2D eigenvalue weighted by molar-refractivity contribution is 9.11. The van der Waals surface area contributed by atoms with Gasteiger partial charge in [0.1, 0.15) is 11.3 Å². The van der Waals surface area contributed by atoms with Crippen molar-refractivity contribution < 1.29 is 19.1 Å².